The highest BCUT2D eigenvalue weighted by Crippen LogP contribution is 2.32. The van der Waals surface area contributed by atoms with Gasteiger partial charge in [-0.15, -0.1) is 0 Å². The van der Waals surface area contributed by atoms with Crippen molar-refractivity contribution in [2.45, 2.75) is 36.4 Å². The van der Waals surface area contributed by atoms with Gasteiger partial charge in [-0.2, -0.15) is 8.78 Å². The average Bonchev–Trinajstić information content (AvgIpc) is 2.36. The zero-order valence-electron chi connectivity index (χ0n) is 10.9. The summed E-state index contributed by atoms with van der Waals surface area (Å²) in [6, 6.07) is 3.18. The Bertz CT molecular complexity index is 620. The van der Waals surface area contributed by atoms with E-state index in [1.165, 1.54) is 0 Å². The molecule has 0 atom stereocenters. The Morgan fingerprint density at radius 3 is 2.57 bits per heavy atom. The minimum atomic E-state index is -3.87. The molecule has 0 aliphatic heterocycles. The van der Waals surface area contributed by atoms with Crippen molar-refractivity contribution in [2.24, 2.45) is 0 Å². The zero-order valence-corrected chi connectivity index (χ0v) is 12.4. The number of hydrogen-bond acceptors (Lipinski definition) is 4. The molecule has 1 fully saturated rings. The van der Waals surface area contributed by atoms with Crippen molar-refractivity contribution in [3.63, 3.8) is 0 Å². The van der Waals surface area contributed by atoms with E-state index in [0.29, 0.717) is 12.8 Å². The second-order valence-corrected chi connectivity index (χ2v) is 7.05. The summed E-state index contributed by atoms with van der Waals surface area (Å²) < 4.78 is 54.7. The summed E-state index contributed by atoms with van der Waals surface area (Å²) in [5, 5.41) is 9.63. The lowest BCUT2D eigenvalue weighted by atomic mass is 9.81. The highest BCUT2D eigenvalue weighted by atomic mass is 35.5. The molecule has 0 aromatic heterocycles. The number of sulfonamides is 1. The van der Waals surface area contributed by atoms with Crippen molar-refractivity contribution in [1.29, 1.82) is 0 Å². The number of alkyl halides is 2. The molecular formula is C12H14ClF2NO4S. The lowest BCUT2D eigenvalue weighted by molar-refractivity contribution is -0.0498. The van der Waals surface area contributed by atoms with Crippen molar-refractivity contribution >= 4 is 21.6 Å². The van der Waals surface area contributed by atoms with Gasteiger partial charge in [-0.3, -0.25) is 0 Å². The van der Waals surface area contributed by atoms with Gasteiger partial charge in [-0.05, 0) is 37.5 Å². The first-order valence-corrected chi connectivity index (χ1v) is 8.04. The number of halogens is 3. The molecule has 118 valence electrons. The minimum Gasteiger partial charge on any atom is -0.433 e. The number of benzene rings is 1. The summed E-state index contributed by atoms with van der Waals surface area (Å²) in [4.78, 5) is -0.183. The van der Waals surface area contributed by atoms with E-state index in [1.807, 2.05) is 0 Å². The van der Waals surface area contributed by atoms with Crippen molar-refractivity contribution in [3.8, 4) is 5.75 Å². The molecule has 9 heteroatoms. The molecular weight excluding hydrogens is 328 g/mol. The second-order valence-electron chi connectivity index (χ2n) is 4.87. The topological polar surface area (TPSA) is 75.6 Å². The molecule has 21 heavy (non-hydrogen) atoms. The SMILES string of the molecule is O=S(=O)(NCC1(O)CCC1)c1ccc(OC(F)F)c(Cl)c1. The van der Waals surface area contributed by atoms with Crippen LogP contribution in [0.5, 0.6) is 5.75 Å². The van der Waals surface area contributed by atoms with Crippen LogP contribution < -0.4 is 9.46 Å². The summed E-state index contributed by atoms with van der Waals surface area (Å²) in [5.74, 6) is -0.303. The highest BCUT2D eigenvalue weighted by Gasteiger charge is 2.35. The maximum absolute atomic E-state index is 12.1. The smallest absolute Gasteiger partial charge is 0.387 e. The van der Waals surface area contributed by atoms with E-state index >= 15 is 0 Å². The summed E-state index contributed by atoms with van der Waals surface area (Å²) >= 11 is 5.71. The van der Waals surface area contributed by atoms with E-state index in [9.17, 15) is 22.3 Å². The van der Waals surface area contributed by atoms with Crippen LogP contribution in [0.25, 0.3) is 0 Å². The van der Waals surface area contributed by atoms with Crippen molar-refractivity contribution < 1.29 is 27.0 Å². The fourth-order valence-electron chi connectivity index (χ4n) is 1.91. The van der Waals surface area contributed by atoms with Crippen LogP contribution in [0.2, 0.25) is 5.02 Å². The van der Waals surface area contributed by atoms with Crippen LogP contribution in [0.15, 0.2) is 23.1 Å². The van der Waals surface area contributed by atoms with Gasteiger partial charge < -0.3 is 9.84 Å². The highest BCUT2D eigenvalue weighted by molar-refractivity contribution is 7.89. The van der Waals surface area contributed by atoms with Crippen LogP contribution in [0, 0.1) is 0 Å². The van der Waals surface area contributed by atoms with E-state index in [-0.39, 0.29) is 22.2 Å². The van der Waals surface area contributed by atoms with Gasteiger partial charge in [0.05, 0.1) is 15.5 Å². The van der Waals surface area contributed by atoms with Crippen LogP contribution in [-0.4, -0.2) is 32.3 Å². The Hall–Kier alpha value is -0.960. The Morgan fingerprint density at radius 1 is 1.43 bits per heavy atom. The number of ether oxygens (including phenoxy) is 1. The number of nitrogens with one attached hydrogen (secondary N) is 1. The molecule has 2 N–H and O–H groups in total. The molecule has 1 saturated carbocycles. The summed E-state index contributed by atoms with van der Waals surface area (Å²) in [6.45, 7) is -3.14. The standard InChI is InChI=1S/C12H14ClF2NO4S/c13-9-6-8(2-3-10(9)20-11(14)15)21(18,19)16-7-12(17)4-1-5-12/h2-3,6,11,16-17H,1,4-5,7H2. The van der Waals surface area contributed by atoms with Gasteiger partial charge in [0.1, 0.15) is 5.75 Å². The third kappa shape index (κ3) is 4.03. The minimum absolute atomic E-state index is 0.0950. The van der Waals surface area contributed by atoms with Gasteiger partial charge in [0, 0.05) is 6.54 Å². The molecule has 2 rings (SSSR count). The predicted octanol–water partition coefficient (Wildman–Crippen LogP) is 2.13. The van der Waals surface area contributed by atoms with Gasteiger partial charge in [0.25, 0.3) is 0 Å². The van der Waals surface area contributed by atoms with Crippen LogP contribution in [-0.2, 0) is 10.0 Å². The molecule has 0 radical (unpaired) electrons. The van der Waals surface area contributed by atoms with Gasteiger partial charge in [-0.1, -0.05) is 11.6 Å². The van der Waals surface area contributed by atoms with E-state index < -0.39 is 22.2 Å². The third-order valence-electron chi connectivity index (χ3n) is 3.31. The van der Waals surface area contributed by atoms with E-state index in [1.54, 1.807) is 0 Å². The van der Waals surface area contributed by atoms with Crippen molar-refractivity contribution in [2.75, 3.05) is 6.54 Å². The Balaban J connectivity index is 2.10. The molecule has 0 bridgehead atoms. The molecule has 0 unspecified atom stereocenters. The van der Waals surface area contributed by atoms with Gasteiger partial charge in [0.2, 0.25) is 10.0 Å². The molecule has 1 aliphatic rings. The summed E-state index contributed by atoms with van der Waals surface area (Å²) in [7, 11) is -3.87. The van der Waals surface area contributed by atoms with Crippen molar-refractivity contribution in [3.05, 3.63) is 23.2 Å². The molecule has 1 aromatic rings. The normalized spacial score (nSPS) is 17.6. The van der Waals surface area contributed by atoms with E-state index in [0.717, 1.165) is 24.6 Å². The lowest BCUT2D eigenvalue weighted by Crippen LogP contribution is -2.47. The fourth-order valence-corrected chi connectivity index (χ4v) is 3.35. The Morgan fingerprint density at radius 2 is 2.10 bits per heavy atom. The van der Waals surface area contributed by atoms with Gasteiger partial charge in [-0.25, -0.2) is 13.1 Å². The first-order valence-electron chi connectivity index (χ1n) is 6.18. The van der Waals surface area contributed by atoms with E-state index in [4.69, 9.17) is 11.6 Å². The molecule has 1 aliphatic carbocycles. The van der Waals surface area contributed by atoms with Gasteiger partial charge in [0.15, 0.2) is 0 Å². The lowest BCUT2D eigenvalue weighted by Gasteiger charge is -2.36. The fraction of sp³-hybridized carbons (Fsp3) is 0.500. The first-order chi connectivity index (χ1) is 9.72. The quantitative estimate of drug-likeness (QED) is 0.831. The average molecular weight is 342 g/mol. The van der Waals surface area contributed by atoms with Crippen LogP contribution in [0.3, 0.4) is 0 Å². The molecule has 0 saturated heterocycles. The third-order valence-corrected chi connectivity index (χ3v) is 5.00. The Kier molecular flexibility index (Phi) is 4.72. The summed E-state index contributed by atoms with van der Waals surface area (Å²) in [6.07, 6.45) is 1.93. The van der Waals surface area contributed by atoms with Crippen molar-refractivity contribution in [1.82, 2.24) is 4.72 Å². The molecule has 0 heterocycles. The maximum atomic E-state index is 12.1. The van der Waals surface area contributed by atoms with E-state index in [2.05, 4.69) is 9.46 Å². The zero-order chi connectivity index (χ0) is 15.7. The Labute approximate surface area is 125 Å². The predicted molar refractivity (Wildman–Crippen MR) is 72.1 cm³/mol. The maximum Gasteiger partial charge on any atom is 0.387 e. The first kappa shape index (κ1) is 16.4. The van der Waals surface area contributed by atoms with Gasteiger partial charge >= 0.3 is 6.61 Å². The molecule has 1 aromatic carbocycles. The number of aliphatic hydroxyl groups is 1. The second kappa shape index (κ2) is 6.04. The van der Waals surface area contributed by atoms with Crippen LogP contribution in [0.4, 0.5) is 8.78 Å². The van der Waals surface area contributed by atoms with Crippen LogP contribution in [0.1, 0.15) is 19.3 Å². The van der Waals surface area contributed by atoms with Crippen LogP contribution >= 0.6 is 11.6 Å². The monoisotopic (exact) mass is 341 g/mol. The number of rotatable bonds is 6. The molecule has 0 spiro atoms. The summed E-state index contributed by atoms with van der Waals surface area (Å²) in [5.41, 5.74) is -1.00. The number of hydrogen-bond donors (Lipinski definition) is 2. The largest absolute Gasteiger partial charge is 0.433 e. The molecule has 5 nitrogen and oxygen atoms in total. The molecule has 0 amide bonds.